The van der Waals surface area contributed by atoms with Gasteiger partial charge in [0.15, 0.2) is 17.4 Å². The molecule has 3 N–H and O–H groups in total. The highest BCUT2D eigenvalue weighted by molar-refractivity contribution is 7.14. The molecule has 3 aromatic rings. The molecule has 0 unspecified atom stereocenters. The number of nitrogens with zero attached hydrogens (tertiary/aromatic N) is 2. The van der Waals surface area contributed by atoms with Gasteiger partial charge in [-0.3, -0.25) is 0 Å². The largest absolute Gasteiger partial charge is 0.493 e. The van der Waals surface area contributed by atoms with Crippen LogP contribution in [0.4, 0.5) is 22.0 Å². The molecule has 2 aromatic carbocycles. The Balaban J connectivity index is 1.62. The van der Waals surface area contributed by atoms with Crippen molar-refractivity contribution in [3.8, 4) is 22.1 Å². The van der Waals surface area contributed by atoms with Gasteiger partial charge in [0.25, 0.3) is 0 Å². The van der Waals surface area contributed by atoms with Gasteiger partial charge in [0.1, 0.15) is 15.8 Å². The molecule has 34 heavy (non-hydrogen) atoms. The molecule has 0 aliphatic carbocycles. The Bertz CT molecular complexity index is 1100. The number of nitrogens with two attached hydrogens (primary N) is 1. The summed E-state index contributed by atoms with van der Waals surface area (Å²) >= 11 is 0.987. The maximum absolute atomic E-state index is 13.6. The maximum atomic E-state index is 13.6. The van der Waals surface area contributed by atoms with Crippen LogP contribution >= 0.6 is 11.3 Å². The molecule has 0 amide bonds. The minimum Gasteiger partial charge on any atom is -0.493 e. The molecule has 0 radical (unpaired) electrons. The van der Waals surface area contributed by atoms with Crippen molar-refractivity contribution in [2.75, 3.05) is 19.8 Å². The summed E-state index contributed by atoms with van der Waals surface area (Å²) < 4.78 is 78.3. The van der Waals surface area contributed by atoms with Gasteiger partial charge in [0, 0.05) is 5.56 Å². The molecule has 0 fully saturated rings. The Hall–Kier alpha value is -2.83. The van der Waals surface area contributed by atoms with Crippen LogP contribution in [0.3, 0.4) is 0 Å². The van der Waals surface area contributed by atoms with Crippen molar-refractivity contribution in [1.29, 1.82) is 0 Å². The fraction of sp³-hybridized carbons (Fsp3) is 0.364. The first-order chi connectivity index (χ1) is 16.0. The summed E-state index contributed by atoms with van der Waals surface area (Å²) in [4.78, 5) is 0. The number of hydrogen-bond acceptors (Lipinski definition) is 7. The van der Waals surface area contributed by atoms with E-state index in [0.717, 1.165) is 29.5 Å². The number of benzene rings is 2. The van der Waals surface area contributed by atoms with Crippen LogP contribution in [0.2, 0.25) is 0 Å². The second-order valence-corrected chi connectivity index (χ2v) is 8.63. The molecule has 184 valence electrons. The topological polar surface area (TPSA) is 90.5 Å². The second kappa shape index (κ2) is 10.6. The predicted molar refractivity (Wildman–Crippen MR) is 116 cm³/mol. The molecular formula is C22H22F5N3O3S. The zero-order valence-corrected chi connectivity index (χ0v) is 18.8. The number of hydrogen-bond donors (Lipinski definition) is 2. The van der Waals surface area contributed by atoms with Crippen LogP contribution in [-0.4, -0.2) is 35.1 Å². The van der Waals surface area contributed by atoms with E-state index in [1.54, 1.807) is 0 Å². The van der Waals surface area contributed by atoms with Crippen LogP contribution in [0.1, 0.15) is 30.3 Å². The number of halogens is 5. The Morgan fingerprint density at radius 1 is 1.00 bits per heavy atom. The summed E-state index contributed by atoms with van der Waals surface area (Å²) in [5.41, 5.74) is 3.94. The Morgan fingerprint density at radius 3 is 2.26 bits per heavy atom. The van der Waals surface area contributed by atoms with E-state index in [1.807, 2.05) is 0 Å². The maximum Gasteiger partial charge on any atom is 0.419 e. The number of unbranched alkanes of at least 4 members (excludes halogenated alkanes) is 1. The zero-order chi connectivity index (χ0) is 24.9. The van der Waals surface area contributed by atoms with E-state index >= 15 is 0 Å². The number of para-hydroxylation sites is 1. The van der Waals surface area contributed by atoms with Crippen LogP contribution < -0.4 is 15.2 Å². The van der Waals surface area contributed by atoms with Gasteiger partial charge in [-0.05, 0) is 50.1 Å². The SMILES string of the molecule is C[C@](N)(CO)c1nnc(-c2ccc(OCCCCOc3c(F)cccc3F)c(C(F)(F)F)c2)s1. The fourth-order valence-electron chi connectivity index (χ4n) is 2.83. The molecule has 3 rings (SSSR count). The van der Waals surface area contributed by atoms with Gasteiger partial charge in [-0.15, -0.1) is 10.2 Å². The zero-order valence-electron chi connectivity index (χ0n) is 18.0. The number of rotatable bonds is 10. The van der Waals surface area contributed by atoms with Gasteiger partial charge in [-0.2, -0.15) is 13.2 Å². The predicted octanol–water partition coefficient (Wildman–Crippen LogP) is 4.91. The highest BCUT2D eigenvalue weighted by Crippen LogP contribution is 2.40. The standard InChI is InChI=1S/C22H22F5N3O3S/c1-21(28,12-31)20-30-29-19(34-20)13-7-8-17(14(11-13)22(25,26)27)32-9-2-3-10-33-18-15(23)5-4-6-16(18)24/h4-8,11,31H,2-3,9-10,12,28H2,1H3/t21-/m0/s1. The van der Waals surface area contributed by atoms with E-state index in [1.165, 1.54) is 25.1 Å². The second-order valence-electron chi connectivity index (χ2n) is 7.65. The summed E-state index contributed by atoms with van der Waals surface area (Å²) in [5, 5.41) is 17.6. The number of aromatic nitrogens is 2. The molecule has 0 aliphatic rings. The van der Waals surface area contributed by atoms with Crippen molar-refractivity contribution in [3.05, 3.63) is 58.6 Å². The molecule has 0 saturated heterocycles. The van der Waals surface area contributed by atoms with Crippen molar-refractivity contribution in [2.45, 2.75) is 31.5 Å². The van der Waals surface area contributed by atoms with Crippen LogP contribution in [-0.2, 0) is 11.7 Å². The summed E-state index contributed by atoms with van der Waals surface area (Å²) in [6.45, 7) is 1.05. The number of alkyl halides is 3. The fourth-order valence-corrected chi connectivity index (χ4v) is 3.72. The van der Waals surface area contributed by atoms with E-state index < -0.39 is 41.3 Å². The van der Waals surface area contributed by atoms with E-state index in [9.17, 15) is 27.1 Å². The third-order valence-corrected chi connectivity index (χ3v) is 5.99. The van der Waals surface area contributed by atoms with E-state index in [0.29, 0.717) is 12.8 Å². The van der Waals surface area contributed by atoms with Gasteiger partial charge in [-0.25, -0.2) is 8.78 Å². The summed E-state index contributed by atoms with van der Waals surface area (Å²) in [5.74, 6) is -2.52. The normalized spacial score (nSPS) is 13.5. The lowest BCUT2D eigenvalue weighted by molar-refractivity contribution is -0.138. The summed E-state index contributed by atoms with van der Waals surface area (Å²) in [6, 6.07) is 6.87. The molecule has 0 saturated carbocycles. The molecular weight excluding hydrogens is 481 g/mol. The molecule has 0 aliphatic heterocycles. The van der Waals surface area contributed by atoms with Crippen molar-refractivity contribution >= 4 is 11.3 Å². The van der Waals surface area contributed by atoms with Gasteiger partial charge in [0.05, 0.1) is 30.9 Å². The number of aliphatic hydroxyl groups is 1. The first kappa shape index (κ1) is 25.8. The van der Waals surface area contributed by atoms with Gasteiger partial charge < -0.3 is 20.3 Å². The molecule has 12 heteroatoms. The molecule has 0 bridgehead atoms. The average molecular weight is 503 g/mol. The first-order valence-corrected chi connectivity index (χ1v) is 11.0. The Labute approximate surface area is 196 Å². The highest BCUT2D eigenvalue weighted by atomic mass is 32.1. The van der Waals surface area contributed by atoms with Crippen LogP contribution in [0, 0.1) is 11.6 Å². The van der Waals surface area contributed by atoms with Crippen molar-refractivity contribution in [1.82, 2.24) is 10.2 Å². The first-order valence-electron chi connectivity index (χ1n) is 10.2. The van der Waals surface area contributed by atoms with Crippen LogP contribution in [0.15, 0.2) is 36.4 Å². The average Bonchev–Trinajstić information content (AvgIpc) is 3.28. The van der Waals surface area contributed by atoms with Crippen LogP contribution in [0.25, 0.3) is 10.6 Å². The van der Waals surface area contributed by atoms with Crippen molar-refractivity contribution < 1.29 is 36.5 Å². The minimum atomic E-state index is -4.68. The summed E-state index contributed by atoms with van der Waals surface area (Å²) in [7, 11) is 0. The molecule has 1 heterocycles. The molecule has 6 nitrogen and oxygen atoms in total. The van der Waals surface area contributed by atoms with E-state index in [4.69, 9.17) is 15.2 Å². The van der Waals surface area contributed by atoms with Crippen LogP contribution in [0.5, 0.6) is 11.5 Å². The van der Waals surface area contributed by atoms with Gasteiger partial charge >= 0.3 is 6.18 Å². The van der Waals surface area contributed by atoms with Crippen molar-refractivity contribution in [2.24, 2.45) is 5.73 Å². The van der Waals surface area contributed by atoms with Crippen molar-refractivity contribution in [3.63, 3.8) is 0 Å². The third kappa shape index (κ3) is 6.19. The third-order valence-electron chi connectivity index (χ3n) is 4.74. The lowest BCUT2D eigenvalue weighted by atomic mass is 10.1. The number of aliphatic hydroxyl groups excluding tert-OH is 1. The van der Waals surface area contributed by atoms with E-state index in [-0.39, 0.29) is 34.5 Å². The Kier molecular flexibility index (Phi) is 8.05. The minimum absolute atomic E-state index is 0.0282. The molecule has 1 atom stereocenters. The monoisotopic (exact) mass is 503 g/mol. The highest BCUT2D eigenvalue weighted by Gasteiger charge is 2.35. The van der Waals surface area contributed by atoms with E-state index in [2.05, 4.69) is 10.2 Å². The Morgan fingerprint density at radius 2 is 1.65 bits per heavy atom. The molecule has 1 aromatic heterocycles. The summed E-state index contributed by atoms with van der Waals surface area (Å²) in [6.07, 6.45) is -4.08. The molecule has 0 spiro atoms. The number of ether oxygens (including phenoxy) is 2. The van der Waals surface area contributed by atoms with Gasteiger partial charge in [-0.1, -0.05) is 17.4 Å². The lowest BCUT2D eigenvalue weighted by Crippen LogP contribution is -2.36. The quantitative estimate of drug-likeness (QED) is 0.302. The smallest absolute Gasteiger partial charge is 0.419 e. The van der Waals surface area contributed by atoms with Gasteiger partial charge in [0.2, 0.25) is 0 Å². The lowest BCUT2D eigenvalue weighted by Gasteiger charge is -2.17.